The molecular formula is C24H35FIN5O. The van der Waals surface area contributed by atoms with Crippen molar-refractivity contribution in [1.82, 2.24) is 20.5 Å². The van der Waals surface area contributed by atoms with E-state index < -0.39 is 0 Å². The van der Waals surface area contributed by atoms with Crippen LogP contribution in [0.1, 0.15) is 51.0 Å². The van der Waals surface area contributed by atoms with Gasteiger partial charge in [-0.1, -0.05) is 19.3 Å². The number of carbonyl (C=O) groups is 1. The largest absolute Gasteiger partial charge is 0.361 e. The highest BCUT2D eigenvalue weighted by Crippen LogP contribution is 2.27. The van der Waals surface area contributed by atoms with Crippen LogP contribution in [-0.4, -0.2) is 54.0 Å². The molecule has 1 aromatic carbocycles. The third kappa shape index (κ3) is 6.14. The van der Waals surface area contributed by atoms with Gasteiger partial charge in [-0.15, -0.1) is 24.0 Å². The predicted octanol–water partition coefficient (Wildman–Crippen LogP) is 4.20. The van der Waals surface area contributed by atoms with Gasteiger partial charge in [-0.3, -0.25) is 9.79 Å². The van der Waals surface area contributed by atoms with Gasteiger partial charge in [-0.05, 0) is 56.4 Å². The lowest BCUT2D eigenvalue weighted by Crippen LogP contribution is -2.45. The van der Waals surface area contributed by atoms with Gasteiger partial charge in [-0.25, -0.2) is 4.39 Å². The SMILES string of the molecule is CCNC(=NCCc1c[nH]c2cc(F)ccc12)NC1CCN(C(=O)C2CCCCC2)C1.I. The van der Waals surface area contributed by atoms with Gasteiger partial charge in [0, 0.05) is 55.2 Å². The zero-order chi connectivity index (χ0) is 21.6. The minimum Gasteiger partial charge on any atom is -0.361 e. The Labute approximate surface area is 206 Å². The van der Waals surface area contributed by atoms with Crippen LogP contribution in [0.3, 0.4) is 0 Å². The van der Waals surface area contributed by atoms with Gasteiger partial charge < -0.3 is 20.5 Å². The number of aromatic nitrogens is 1. The summed E-state index contributed by atoms with van der Waals surface area (Å²) in [5.74, 6) is 1.15. The van der Waals surface area contributed by atoms with E-state index in [0.29, 0.717) is 12.5 Å². The smallest absolute Gasteiger partial charge is 0.225 e. The van der Waals surface area contributed by atoms with Crippen molar-refractivity contribution in [1.29, 1.82) is 0 Å². The van der Waals surface area contributed by atoms with Gasteiger partial charge in [0.1, 0.15) is 5.82 Å². The molecule has 4 rings (SSSR count). The minimum absolute atomic E-state index is 0. The molecule has 1 aromatic heterocycles. The molecule has 2 aromatic rings. The molecule has 8 heteroatoms. The molecular weight excluding hydrogens is 520 g/mol. The molecule has 32 heavy (non-hydrogen) atoms. The van der Waals surface area contributed by atoms with Crippen LogP contribution in [-0.2, 0) is 11.2 Å². The van der Waals surface area contributed by atoms with Crippen molar-refractivity contribution < 1.29 is 9.18 Å². The van der Waals surface area contributed by atoms with E-state index in [4.69, 9.17) is 4.99 Å². The van der Waals surface area contributed by atoms with E-state index in [1.54, 1.807) is 0 Å². The van der Waals surface area contributed by atoms with Crippen LogP contribution in [0.15, 0.2) is 29.4 Å². The summed E-state index contributed by atoms with van der Waals surface area (Å²) in [5.41, 5.74) is 1.96. The molecule has 0 bridgehead atoms. The first-order valence-corrected chi connectivity index (χ1v) is 11.7. The zero-order valence-electron chi connectivity index (χ0n) is 18.8. The lowest BCUT2D eigenvalue weighted by molar-refractivity contribution is -0.135. The van der Waals surface area contributed by atoms with E-state index in [-0.39, 0.29) is 41.8 Å². The summed E-state index contributed by atoms with van der Waals surface area (Å²) < 4.78 is 13.4. The van der Waals surface area contributed by atoms with Gasteiger partial charge >= 0.3 is 0 Å². The summed E-state index contributed by atoms with van der Waals surface area (Å²) in [4.78, 5) is 22.7. The molecule has 0 radical (unpaired) electrons. The molecule has 1 atom stereocenters. The van der Waals surface area contributed by atoms with Crippen molar-refractivity contribution in [3.05, 3.63) is 35.8 Å². The number of rotatable bonds is 6. The molecule has 3 N–H and O–H groups in total. The predicted molar refractivity (Wildman–Crippen MR) is 138 cm³/mol. The third-order valence-corrected chi connectivity index (χ3v) is 6.52. The number of nitrogens with zero attached hydrogens (tertiary/aromatic N) is 2. The van der Waals surface area contributed by atoms with Crippen molar-refractivity contribution in [3.8, 4) is 0 Å². The standard InChI is InChI=1S/C24H34FN5O.HI/c1-2-26-24(27-12-10-18-15-28-22-14-19(25)8-9-21(18)22)29-20-11-13-30(16-20)23(31)17-6-4-3-5-7-17;/h8-9,14-15,17,20,28H,2-7,10-13,16H2,1H3,(H2,26,27,29);1H. The van der Waals surface area contributed by atoms with Crippen molar-refractivity contribution >= 4 is 46.7 Å². The van der Waals surface area contributed by atoms with E-state index in [1.165, 1.54) is 31.4 Å². The number of hydrogen-bond acceptors (Lipinski definition) is 2. The number of likely N-dealkylation sites (tertiary alicyclic amines) is 1. The maximum absolute atomic E-state index is 13.4. The number of H-pyrrole nitrogens is 1. The van der Waals surface area contributed by atoms with Crippen molar-refractivity contribution in [2.24, 2.45) is 10.9 Å². The number of nitrogens with one attached hydrogen (secondary N) is 3. The monoisotopic (exact) mass is 555 g/mol. The number of fused-ring (bicyclic) bond motifs is 1. The van der Waals surface area contributed by atoms with Crippen molar-refractivity contribution in [2.75, 3.05) is 26.2 Å². The fraction of sp³-hybridized carbons (Fsp3) is 0.583. The maximum atomic E-state index is 13.4. The second-order valence-electron chi connectivity index (χ2n) is 8.76. The molecule has 1 unspecified atom stereocenters. The Balaban J connectivity index is 0.00000289. The normalized spacial score (nSPS) is 19.8. The van der Waals surface area contributed by atoms with E-state index in [0.717, 1.165) is 67.7 Å². The first-order valence-electron chi connectivity index (χ1n) is 11.7. The number of guanidine groups is 1. The molecule has 0 spiro atoms. The second-order valence-corrected chi connectivity index (χ2v) is 8.76. The van der Waals surface area contributed by atoms with Crippen LogP contribution >= 0.6 is 24.0 Å². The Morgan fingerprint density at radius 1 is 1.25 bits per heavy atom. The quantitative estimate of drug-likeness (QED) is 0.284. The first-order chi connectivity index (χ1) is 15.1. The van der Waals surface area contributed by atoms with Crippen molar-refractivity contribution in [3.63, 3.8) is 0 Å². The highest BCUT2D eigenvalue weighted by molar-refractivity contribution is 14.0. The first kappa shape index (κ1) is 24.8. The summed E-state index contributed by atoms with van der Waals surface area (Å²) in [6, 6.07) is 5.07. The third-order valence-electron chi connectivity index (χ3n) is 6.52. The van der Waals surface area contributed by atoms with Gasteiger partial charge in [0.25, 0.3) is 0 Å². The maximum Gasteiger partial charge on any atom is 0.225 e. The Morgan fingerprint density at radius 2 is 2.06 bits per heavy atom. The molecule has 1 saturated carbocycles. The average Bonchev–Trinajstić information content (AvgIpc) is 3.41. The minimum atomic E-state index is -0.231. The van der Waals surface area contributed by atoms with Crippen LogP contribution in [0.2, 0.25) is 0 Å². The highest BCUT2D eigenvalue weighted by atomic mass is 127. The van der Waals surface area contributed by atoms with Gasteiger partial charge in [0.05, 0.1) is 0 Å². The van der Waals surface area contributed by atoms with E-state index in [1.807, 2.05) is 17.2 Å². The lowest BCUT2D eigenvalue weighted by atomic mass is 9.88. The molecule has 1 amide bonds. The molecule has 2 fully saturated rings. The van der Waals surface area contributed by atoms with Crippen LogP contribution in [0, 0.1) is 11.7 Å². The summed E-state index contributed by atoms with van der Waals surface area (Å²) in [5, 5.41) is 7.88. The number of carbonyl (C=O) groups excluding carboxylic acids is 1. The Hall–Kier alpha value is -1.84. The van der Waals surface area contributed by atoms with Gasteiger partial charge in [0.2, 0.25) is 5.91 Å². The molecule has 2 aliphatic rings. The molecule has 2 heterocycles. The number of halogens is 2. The number of hydrogen-bond donors (Lipinski definition) is 3. The molecule has 1 aliphatic carbocycles. The summed E-state index contributed by atoms with van der Waals surface area (Å²) in [6.07, 6.45) is 9.42. The highest BCUT2D eigenvalue weighted by Gasteiger charge is 2.31. The van der Waals surface area contributed by atoms with Gasteiger partial charge in [-0.2, -0.15) is 0 Å². The molecule has 1 saturated heterocycles. The van der Waals surface area contributed by atoms with Gasteiger partial charge in [0.15, 0.2) is 5.96 Å². The second kappa shape index (κ2) is 11.9. The number of aliphatic imine (C=N–C) groups is 1. The summed E-state index contributed by atoms with van der Waals surface area (Å²) in [7, 11) is 0. The Morgan fingerprint density at radius 3 is 2.84 bits per heavy atom. The molecule has 1 aliphatic heterocycles. The van der Waals surface area contributed by atoms with Crippen LogP contribution in [0.4, 0.5) is 4.39 Å². The average molecular weight is 555 g/mol. The number of amides is 1. The number of aromatic amines is 1. The lowest BCUT2D eigenvalue weighted by Gasteiger charge is -2.26. The van der Waals surface area contributed by atoms with Crippen molar-refractivity contribution in [2.45, 2.75) is 57.9 Å². The zero-order valence-corrected chi connectivity index (χ0v) is 21.2. The fourth-order valence-corrected chi connectivity index (χ4v) is 4.85. The van der Waals surface area contributed by atoms with E-state index >= 15 is 0 Å². The molecule has 176 valence electrons. The van der Waals surface area contributed by atoms with E-state index in [2.05, 4.69) is 22.5 Å². The van der Waals surface area contributed by atoms with E-state index in [9.17, 15) is 9.18 Å². The van der Waals surface area contributed by atoms with Crippen LogP contribution in [0.5, 0.6) is 0 Å². The Kier molecular flexibility index (Phi) is 9.19. The van der Waals surface area contributed by atoms with Crippen LogP contribution in [0.25, 0.3) is 10.9 Å². The topological polar surface area (TPSA) is 72.5 Å². The van der Waals surface area contributed by atoms with Crippen LogP contribution < -0.4 is 10.6 Å². The fourth-order valence-electron chi connectivity index (χ4n) is 4.85. The summed E-state index contributed by atoms with van der Waals surface area (Å²) in [6.45, 7) is 5.07. The molecule has 6 nitrogen and oxygen atoms in total. The summed E-state index contributed by atoms with van der Waals surface area (Å²) >= 11 is 0. The Bertz CT molecular complexity index is 924. The number of benzene rings is 1.